The number of carbonyl (C=O) groups excluding carboxylic acids is 1. The fourth-order valence-electron chi connectivity index (χ4n) is 1.50. The van der Waals surface area contributed by atoms with E-state index < -0.39 is 0 Å². The summed E-state index contributed by atoms with van der Waals surface area (Å²) in [4.78, 5) is 27.9. The van der Waals surface area contributed by atoms with E-state index in [1.165, 1.54) is 28.4 Å². The molecule has 0 aliphatic rings. The highest BCUT2D eigenvalue weighted by molar-refractivity contribution is 7.12. The van der Waals surface area contributed by atoms with Crippen LogP contribution >= 0.6 is 11.3 Å². The molecule has 0 fully saturated rings. The summed E-state index contributed by atoms with van der Waals surface area (Å²) in [5, 5.41) is 4.62. The van der Waals surface area contributed by atoms with E-state index in [2.05, 4.69) is 10.3 Å². The Bertz CT molecular complexity index is 590. The lowest BCUT2D eigenvalue weighted by Crippen LogP contribution is -2.31. The molecule has 2 rings (SSSR count). The molecule has 0 atom stereocenters. The Kier molecular flexibility index (Phi) is 3.88. The first-order valence-electron chi connectivity index (χ1n) is 5.51. The van der Waals surface area contributed by atoms with E-state index in [9.17, 15) is 9.59 Å². The number of hydrogen-bond acceptors (Lipinski definition) is 4. The van der Waals surface area contributed by atoms with Gasteiger partial charge >= 0.3 is 0 Å². The molecule has 0 radical (unpaired) electrons. The molecule has 2 aromatic rings. The maximum atomic E-state index is 11.7. The van der Waals surface area contributed by atoms with Crippen molar-refractivity contribution in [3.63, 3.8) is 0 Å². The predicted molar refractivity (Wildman–Crippen MR) is 69.9 cm³/mol. The first kappa shape index (κ1) is 12.5. The van der Waals surface area contributed by atoms with Crippen molar-refractivity contribution in [3.05, 3.63) is 50.8 Å². The van der Waals surface area contributed by atoms with Gasteiger partial charge in [-0.05, 0) is 18.4 Å². The van der Waals surface area contributed by atoms with Crippen LogP contribution in [0.3, 0.4) is 0 Å². The van der Waals surface area contributed by atoms with Crippen LogP contribution in [0.25, 0.3) is 0 Å². The molecule has 5 nitrogen and oxygen atoms in total. The second-order valence-electron chi connectivity index (χ2n) is 3.81. The van der Waals surface area contributed by atoms with Crippen LogP contribution in [0.15, 0.2) is 34.8 Å². The molecule has 0 saturated heterocycles. The van der Waals surface area contributed by atoms with Crippen LogP contribution in [0.4, 0.5) is 0 Å². The highest BCUT2D eigenvalue weighted by atomic mass is 32.1. The number of nitrogens with one attached hydrogen (secondary N) is 1. The Morgan fingerprint density at radius 1 is 1.56 bits per heavy atom. The molecule has 0 spiro atoms. The van der Waals surface area contributed by atoms with Crippen LogP contribution in [-0.4, -0.2) is 22.0 Å². The third-order valence-corrected chi connectivity index (χ3v) is 3.32. The molecule has 0 aromatic carbocycles. The van der Waals surface area contributed by atoms with E-state index in [0.29, 0.717) is 23.5 Å². The fraction of sp³-hybridized carbons (Fsp3) is 0.250. The second kappa shape index (κ2) is 5.59. The maximum Gasteiger partial charge on any atom is 0.261 e. The van der Waals surface area contributed by atoms with E-state index >= 15 is 0 Å². The zero-order valence-electron chi connectivity index (χ0n) is 9.92. The van der Waals surface area contributed by atoms with Gasteiger partial charge in [0.2, 0.25) is 0 Å². The van der Waals surface area contributed by atoms with Gasteiger partial charge in [0.1, 0.15) is 0 Å². The topological polar surface area (TPSA) is 64.0 Å². The zero-order chi connectivity index (χ0) is 13.0. The zero-order valence-corrected chi connectivity index (χ0v) is 10.7. The number of rotatable bonds is 4. The Morgan fingerprint density at radius 2 is 2.39 bits per heavy atom. The fourth-order valence-corrected chi connectivity index (χ4v) is 2.14. The highest BCUT2D eigenvalue weighted by Gasteiger charge is 2.05. The number of thiophene rings is 1. The minimum atomic E-state index is -0.112. The average molecular weight is 263 g/mol. The third-order valence-electron chi connectivity index (χ3n) is 2.46. The van der Waals surface area contributed by atoms with E-state index in [4.69, 9.17) is 0 Å². The van der Waals surface area contributed by atoms with E-state index in [1.54, 1.807) is 13.0 Å². The van der Waals surface area contributed by atoms with Crippen LogP contribution in [0, 0.1) is 6.92 Å². The molecule has 94 valence electrons. The van der Waals surface area contributed by atoms with Crippen molar-refractivity contribution in [2.24, 2.45) is 0 Å². The summed E-state index contributed by atoms with van der Waals surface area (Å²) < 4.78 is 1.49. The van der Waals surface area contributed by atoms with Crippen molar-refractivity contribution in [3.8, 4) is 0 Å². The Hall–Kier alpha value is -1.95. The van der Waals surface area contributed by atoms with Crippen molar-refractivity contribution < 1.29 is 4.79 Å². The molecule has 0 aliphatic carbocycles. The van der Waals surface area contributed by atoms with Gasteiger partial charge < -0.3 is 5.32 Å². The first-order valence-corrected chi connectivity index (χ1v) is 6.39. The molecule has 2 heterocycles. The molecule has 6 heteroatoms. The second-order valence-corrected chi connectivity index (χ2v) is 4.76. The smallest absolute Gasteiger partial charge is 0.261 e. The normalized spacial score (nSPS) is 10.3. The third kappa shape index (κ3) is 2.84. The van der Waals surface area contributed by atoms with Crippen LogP contribution < -0.4 is 10.9 Å². The summed E-state index contributed by atoms with van der Waals surface area (Å²) in [5.74, 6) is -0.112. The Morgan fingerprint density at radius 3 is 3.11 bits per heavy atom. The lowest BCUT2D eigenvalue weighted by Gasteiger charge is -2.06. The minimum absolute atomic E-state index is 0.0737. The summed E-state index contributed by atoms with van der Waals surface area (Å²) >= 11 is 1.39. The summed E-state index contributed by atoms with van der Waals surface area (Å²) in [5.41, 5.74) is 0.525. The molecule has 0 saturated carbocycles. The van der Waals surface area contributed by atoms with Gasteiger partial charge in [-0.2, -0.15) is 0 Å². The maximum absolute atomic E-state index is 11.7. The highest BCUT2D eigenvalue weighted by Crippen LogP contribution is 2.07. The van der Waals surface area contributed by atoms with Crippen LogP contribution in [0.1, 0.15) is 15.2 Å². The van der Waals surface area contributed by atoms with Gasteiger partial charge in [0, 0.05) is 24.8 Å². The van der Waals surface area contributed by atoms with Crippen molar-refractivity contribution in [2.45, 2.75) is 13.5 Å². The average Bonchev–Trinajstić information content (AvgIpc) is 2.88. The number of nitrogens with zero attached hydrogens (tertiary/aromatic N) is 2. The van der Waals surface area contributed by atoms with Crippen LogP contribution in [0.5, 0.6) is 0 Å². The molecular formula is C12H13N3O2S. The van der Waals surface area contributed by atoms with Crippen molar-refractivity contribution in [2.75, 3.05) is 6.54 Å². The molecule has 18 heavy (non-hydrogen) atoms. The van der Waals surface area contributed by atoms with Gasteiger partial charge in [-0.1, -0.05) is 6.07 Å². The standard InChI is InChI=1S/C12H13N3O2S/c1-9-7-13-8-15(12(9)17)5-4-14-11(16)10-3-2-6-18-10/h2-3,6-8H,4-5H2,1H3,(H,14,16). The summed E-state index contributed by atoms with van der Waals surface area (Å²) in [6.07, 6.45) is 3.01. The number of aromatic nitrogens is 2. The Labute approximate surface area is 108 Å². The van der Waals surface area contributed by atoms with Crippen molar-refractivity contribution in [1.82, 2.24) is 14.9 Å². The number of hydrogen-bond donors (Lipinski definition) is 1. The van der Waals surface area contributed by atoms with E-state index in [1.807, 2.05) is 11.4 Å². The molecule has 0 aliphatic heterocycles. The molecular weight excluding hydrogens is 250 g/mol. The number of amides is 1. The molecule has 1 amide bonds. The van der Waals surface area contributed by atoms with Gasteiger partial charge in [-0.3, -0.25) is 14.2 Å². The monoisotopic (exact) mass is 263 g/mol. The molecule has 1 N–H and O–H groups in total. The molecule has 0 unspecified atom stereocenters. The van der Waals surface area contributed by atoms with E-state index in [0.717, 1.165) is 0 Å². The lowest BCUT2D eigenvalue weighted by atomic mass is 10.4. The van der Waals surface area contributed by atoms with Crippen molar-refractivity contribution in [1.29, 1.82) is 0 Å². The summed E-state index contributed by atoms with van der Waals surface area (Å²) in [6, 6.07) is 3.59. The van der Waals surface area contributed by atoms with Crippen LogP contribution in [0.2, 0.25) is 0 Å². The molecule has 0 bridgehead atoms. The van der Waals surface area contributed by atoms with Crippen molar-refractivity contribution >= 4 is 17.2 Å². The SMILES string of the molecule is Cc1cncn(CCNC(=O)c2cccs2)c1=O. The Balaban J connectivity index is 1.91. The minimum Gasteiger partial charge on any atom is -0.350 e. The van der Waals surface area contributed by atoms with Gasteiger partial charge in [-0.25, -0.2) is 4.98 Å². The predicted octanol–water partition coefficient (Wildman–Crippen LogP) is 1.04. The van der Waals surface area contributed by atoms with Crippen LogP contribution in [-0.2, 0) is 6.54 Å². The largest absolute Gasteiger partial charge is 0.350 e. The van der Waals surface area contributed by atoms with Gasteiger partial charge in [0.25, 0.3) is 11.5 Å². The quantitative estimate of drug-likeness (QED) is 0.896. The van der Waals surface area contributed by atoms with E-state index in [-0.39, 0.29) is 11.5 Å². The lowest BCUT2D eigenvalue weighted by molar-refractivity contribution is 0.0956. The number of carbonyl (C=O) groups is 1. The summed E-state index contributed by atoms with van der Waals surface area (Å²) in [6.45, 7) is 2.54. The van der Waals surface area contributed by atoms with Gasteiger partial charge in [0.15, 0.2) is 0 Å². The van der Waals surface area contributed by atoms with Gasteiger partial charge in [0.05, 0.1) is 11.2 Å². The number of aryl methyl sites for hydroxylation is 1. The summed E-state index contributed by atoms with van der Waals surface area (Å²) in [7, 11) is 0. The van der Waals surface area contributed by atoms with Gasteiger partial charge in [-0.15, -0.1) is 11.3 Å². The first-order chi connectivity index (χ1) is 8.68. The molecule has 2 aromatic heterocycles.